The number of allylic oxidation sites excluding steroid dienone is 1. The Kier molecular flexibility index (Phi) is 32.8. The molecule has 1 fully saturated rings. The summed E-state index contributed by atoms with van der Waals surface area (Å²) >= 11 is 0. The molecule has 0 amide bonds. The molecule has 2 aliphatic rings. The summed E-state index contributed by atoms with van der Waals surface area (Å²) in [6, 6.07) is 15.9. The van der Waals surface area contributed by atoms with Gasteiger partial charge in [-0.1, -0.05) is 40.5 Å². The first-order valence-corrected chi connectivity index (χ1v) is 22.3. The first-order chi connectivity index (χ1) is 32.7. The van der Waals surface area contributed by atoms with Crippen molar-refractivity contribution in [3.63, 3.8) is 0 Å². The molecule has 71 heavy (non-hydrogen) atoms. The molecule has 22 heteroatoms. The van der Waals surface area contributed by atoms with E-state index in [9.17, 15) is 4.79 Å². The average molecular weight is 991 g/mol. The molecule has 5 aromatic rings. The Morgan fingerprint density at radius 3 is 1.83 bits per heavy atom. The van der Waals surface area contributed by atoms with Crippen molar-refractivity contribution in [2.24, 2.45) is 15.7 Å². The third-order valence-electron chi connectivity index (χ3n) is 9.12. The standard InChI is InChI=1S/C15H21N5O2.C13H19N5O.C10H13N5O.C5H8O.C3H9NO.3CH4/c1-11(9-22-14-7-2-3-8-21-14)20-10-17-19-15(20)12-5-4-6-13(16)18-12;1-17(2)9-14-8-12(19)11-6-5-7-13(16-11)15-10-18(3)4;1-7(5-16)15-6-12-14-10(15)8-3-2-4-9(11)13-8;1-2-4-6-5-3-1;1-3(4)2-5;;;/h4-6,10-11,14H,2-3,7-9H2,1H3,(H2,16,18);5-7,9-10H,8H2,1-4H3;2-4,6-7,16H,5H2,1H3,(H2,11,13);2,4H,1,3,5H2;3,5H,2,4H2,1H3;3*1H4/t11-,14?;;7-;;3-;;;/m1.1.1.../s1. The molecule has 22 nitrogen and oxygen atoms in total. The van der Waals surface area contributed by atoms with Crippen molar-refractivity contribution in [3.8, 4) is 23.0 Å². The monoisotopic (exact) mass is 991 g/mol. The molecule has 4 atom stereocenters. The molecule has 394 valence electrons. The number of pyridine rings is 3. The van der Waals surface area contributed by atoms with Crippen LogP contribution in [0, 0.1) is 0 Å². The second kappa shape index (κ2) is 36.3. The van der Waals surface area contributed by atoms with E-state index in [2.05, 4.69) is 52.3 Å². The molecular weight excluding hydrogens is 909 g/mol. The van der Waals surface area contributed by atoms with Crippen molar-refractivity contribution in [2.45, 2.75) is 99.6 Å². The number of aliphatic hydroxyl groups excluding tert-OH is 2. The summed E-state index contributed by atoms with van der Waals surface area (Å²) in [4.78, 5) is 36.2. The van der Waals surface area contributed by atoms with Crippen molar-refractivity contribution >= 4 is 35.9 Å². The normalized spacial score (nSPS) is 14.8. The smallest absolute Gasteiger partial charge is 0.202 e. The topological polar surface area (TPSA) is 295 Å². The third kappa shape index (κ3) is 25.1. The van der Waals surface area contributed by atoms with E-state index >= 15 is 0 Å². The van der Waals surface area contributed by atoms with Gasteiger partial charge in [0.15, 0.2) is 23.8 Å². The Labute approximate surface area is 421 Å². The fourth-order valence-corrected chi connectivity index (χ4v) is 5.59. The lowest BCUT2D eigenvalue weighted by Gasteiger charge is -2.24. The van der Waals surface area contributed by atoms with Crippen LogP contribution in [0.1, 0.15) is 97.7 Å². The number of Topliss-reactive ketones (excluding diaryl/α,β-unsaturated/α-hetero) is 1. The van der Waals surface area contributed by atoms with Crippen molar-refractivity contribution in [2.75, 3.05) is 79.2 Å². The number of carbonyl (C=O) groups excluding carboxylic acids is 1. The number of hydrogen-bond acceptors (Lipinski definition) is 18. The van der Waals surface area contributed by atoms with Crippen molar-refractivity contribution in [1.29, 1.82) is 0 Å². The van der Waals surface area contributed by atoms with E-state index in [-0.39, 0.29) is 72.2 Å². The van der Waals surface area contributed by atoms with E-state index in [4.69, 9.17) is 41.6 Å². The van der Waals surface area contributed by atoms with Crippen LogP contribution in [0.3, 0.4) is 0 Å². The lowest BCUT2D eigenvalue weighted by atomic mass is 10.2. The highest BCUT2D eigenvalue weighted by Gasteiger charge is 2.19. The van der Waals surface area contributed by atoms with Crippen LogP contribution in [-0.2, 0) is 14.2 Å². The molecule has 0 bridgehead atoms. The van der Waals surface area contributed by atoms with E-state index in [1.165, 1.54) is 12.8 Å². The molecule has 8 N–H and O–H groups in total. The molecule has 0 radical (unpaired) electrons. The van der Waals surface area contributed by atoms with Crippen LogP contribution in [0.2, 0.25) is 0 Å². The molecule has 0 aliphatic carbocycles. The molecule has 0 spiro atoms. The van der Waals surface area contributed by atoms with Crippen molar-refractivity contribution in [3.05, 3.63) is 85.3 Å². The summed E-state index contributed by atoms with van der Waals surface area (Å²) in [5.41, 5.74) is 18.1. The number of anilines is 2. The maximum atomic E-state index is 11.9. The fourth-order valence-electron chi connectivity index (χ4n) is 5.59. The predicted octanol–water partition coefficient (Wildman–Crippen LogP) is 6.12. The number of nitrogens with zero attached hydrogens (tertiary/aromatic N) is 13. The van der Waals surface area contributed by atoms with Gasteiger partial charge in [-0.05, 0) is 95.3 Å². The first kappa shape index (κ1) is 64.3. The van der Waals surface area contributed by atoms with Gasteiger partial charge in [-0.25, -0.2) is 19.9 Å². The van der Waals surface area contributed by atoms with Crippen molar-refractivity contribution in [1.82, 2.24) is 54.3 Å². The zero-order valence-electron chi connectivity index (χ0n) is 40.3. The van der Waals surface area contributed by atoms with Crippen LogP contribution in [-0.4, -0.2) is 163 Å². The van der Waals surface area contributed by atoms with E-state index in [1.807, 2.05) is 57.9 Å². The Bertz CT molecular complexity index is 2250. The number of nitrogen functional groups attached to an aromatic ring is 2. The van der Waals surface area contributed by atoms with Gasteiger partial charge in [0.25, 0.3) is 0 Å². The molecule has 7 heterocycles. The third-order valence-corrected chi connectivity index (χ3v) is 9.12. The van der Waals surface area contributed by atoms with Gasteiger partial charge in [0.1, 0.15) is 47.9 Å². The summed E-state index contributed by atoms with van der Waals surface area (Å²) in [6.45, 7) is 8.11. The largest absolute Gasteiger partial charge is 0.502 e. The fraction of sp³-hybridized carbons (Fsp3) is 0.510. The number of carbonyl (C=O) groups is 1. The number of aliphatic imine (C=N–C) groups is 2. The maximum absolute atomic E-state index is 11.9. The molecule has 2 aliphatic heterocycles. The van der Waals surface area contributed by atoms with Gasteiger partial charge in [0.05, 0.1) is 57.5 Å². The highest BCUT2D eigenvalue weighted by Crippen LogP contribution is 2.22. The van der Waals surface area contributed by atoms with Crippen LogP contribution in [0.5, 0.6) is 0 Å². The van der Waals surface area contributed by atoms with E-state index in [0.29, 0.717) is 52.8 Å². The molecule has 1 unspecified atom stereocenters. The van der Waals surface area contributed by atoms with Crippen LogP contribution < -0.4 is 17.2 Å². The Morgan fingerprint density at radius 2 is 1.38 bits per heavy atom. The Balaban J connectivity index is 0.000000922. The first-order valence-electron chi connectivity index (χ1n) is 22.3. The van der Waals surface area contributed by atoms with Crippen LogP contribution in [0.4, 0.5) is 17.5 Å². The molecule has 0 aromatic carbocycles. The van der Waals surface area contributed by atoms with Gasteiger partial charge in [0, 0.05) is 40.8 Å². The summed E-state index contributed by atoms with van der Waals surface area (Å²) in [5.74, 6) is 2.58. The van der Waals surface area contributed by atoms with Gasteiger partial charge < -0.3 is 60.6 Å². The number of aliphatic hydroxyl groups is 2. The van der Waals surface area contributed by atoms with Crippen LogP contribution >= 0.6 is 0 Å². The highest BCUT2D eigenvalue weighted by atomic mass is 16.7. The summed E-state index contributed by atoms with van der Waals surface area (Å²) in [5, 5.41) is 33.1. The summed E-state index contributed by atoms with van der Waals surface area (Å²) < 4.78 is 20.0. The van der Waals surface area contributed by atoms with E-state index in [1.54, 1.807) is 95.3 Å². The second-order valence-corrected chi connectivity index (χ2v) is 16.0. The van der Waals surface area contributed by atoms with Crippen LogP contribution in [0.25, 0.3) is 23.0 Å². The quantitative estimate of drug-likeness (QED) is 0.0448. The number of ketones is 1. The maximum Gasteiger partial charge on any atom is 0.202 e. The minimum absolute atomic E-state index is 0. The highest BCUT2D eigenvalue weighted by molar-refractivity contribution is 5.96. The number of hydrogen-bond donors (Lipinski definition) is 5. The number of rotatable bonds is 15. The van der Waals surface area contributed by atoms with Gasteiger partial charge in [-0.2, -0.15) is 0 Å². The summed E-state index contributed by atoms with van der Waals surface area (Å²) in [7, 11) is 7.44. The molecule has 1 saturated heterocycles. The Hall–Kier alpha value is -6.72. The Morgan fingerprint density at radius 1 is 0.803 bits per heavy atom. The van der Waals surface area contributed by atoms with E-state index < -0.39 is 0 Å². The number of ether oxygens (including phenoxy) is 3. The van der Waals surface area contributed by atoms with Gasteiger partial charge >= 0.3 is 0 Å². The number of nitrogens with two attached hydrogens (primary N) is 3. The van der Waals surface area contributed by atoms with Gasteiger partial charge in [-0.15, -0.1) is 20.4 Å². The van der Waals surface area contributed by atoms with Crippen LogP contribution in [0.15, 0.2) is 89.6 Å². The predicted molar refractivity (Wildman–Crippen MR) is 284 cm³/mol. The zero-order chi connectivity index (χ0) is 49.7. The van der Waals surface area contributed by atoms with Gasteiger partial charge in [0.2, 0.25) is 5.78 Å². The molecule has 5 aromatic heterocycles. The SMILES string of the molecule is C.C.C.C1=COCCC1.CN(C)C=NCC(=O)c1cccc(N=CN(C)C)n1.C[C@@H](N)CO.C[C@H](CO)n1cnnc1-c1cccc(N)n1.C[C@H](COC1CCCCO1)n1cnnc1-c1cccc(N)n1. The lowest BCUT2D eigenvalue weighted by Crippen LogP contribution is -2.25. The van der Waals surface area contributed by atoms with Gasteiger partial charge in [-0.3, -0.25) is 9.79 Å². The minimum Gasteiger partial charge on any atom is -0.502 e. The van der Waals surface area contributed by atoms with E-state index in [0.717, 1.165) is 32.5 Å². The molecule has 0 saturated carbocycles. The minimum atomic E-state index is -0.125. The summed E-state index contributed by atoms with van der Waals surface area (Å²) in [6.07, 6.45) is 15.8. The molecular formula is C49H82N16O6. The number of aromatic nitrogens is 9. The zero-order valence-corrected chi connectivity index (χ0v) is 40.3. The average Bonchev–Trinajstić information content (AvgIpc) is 4.06. The second-order valence-electron chi connectivity index (χ2n) is 16.0. The van der Waals surface area contributed by atoms with Crippen molar-refractivity contribution < 1.29 is 29.2 Å². The molecule has 7 rings (SSSR count). The lowest BCUT2D eigenvalue weighted by molar-refractivity contribution is -0.167.